The van der Waals surface area contributed by atoms with Crippen molar-refractivity contribution in [1.82, 2.24) is 18.9 Å². The van der Waals surface area contributed by atoms with Crippen LogP contribution in [-0.2, 0) is 18.8 Å². The second-order valence-corrected chi connectivity index (χ2v) is 9.85. The number of hydrogen-bond donors (Lipinski definition) is 1. The van der Waals surface area contributed by atoms with Crippen LogP contribution in [0.1, 0.15) is 42.6 Å². The highest BCUT2D eigenvalue weighted by Gasteiger charge is 2.63. The molecule has 1 aromatic heterocycles. The van der Waals surface area contributed by atoms with Crippen LogP contribution in [0, 0.1) is 11.8 Å². The standard InChI is InChI=1S/C22H32N4O5/c1-23-17(8-19(28)24(2)21(23)30)20(29)26-9-16-15(11-27)18-10-25(12-22(16,13-26)31-18)14-6-4-3-5-7-14/h8,14-16,18,27H,3-7,9-13H2,1-2H3/t15-,16+,18+,22+/m0/s1. The number of carbonyl (C=O) groups excluding carboxylic acids is 1. The van der Waals surface area contributed by atoms with Crippen LogP contribution >= 0.6 is 0 Å². The second-order valence-electron chi connectivity index (χ2n) is 9.85. The third-order valence-corrected chi connectivity index (χ3v) is 8.15. The number of carbonyl (C=O) groups is 1. The van der Waals surface area contributed by atoms with Gasteiger partial charge in [0, 0.05) is 64.3 Å². The van der Waals surface area contributed by atoms with Crippen molar-refractivity contribution < 1.29 is 14.6 Å². The van der Waals surface area contributed by atoms with Gasteiger partial charge in [0.25, 0.3) is 11.5 Å². The summed E-state index contributed by atoms with van der Waals surface area (Å²) in [4.78, 5) is 42.0. The van der Waals surface area contributed by atoms with Crippen molar-refractivity contribution >= 4 is 5.91 Å². The Balaban J connectivity index is 1.43. The maximum absolute atomic E-state index is 13.3. The smallest absolute Gasteiger partial charge is 0.331 e. The Kier molecular flexibility index (Phi) is 5.10. The summed E-state index contributed by atoms with van der Waals surface area (Å²) in [7, 11) is 2.92. The molecule has 3 aliphatic heterocycles. The molecule has 9 heteroatoms. The van der Waals surface area contributed by atoms with E-state index >= 15 is 0 Å². The number of aliphatic hydroxyl groups is 1. The van der Waals surface area contributed by atoms with Crippen LogP contribution in [0.25, 0.3) is 0 Å². The van der Waals surface area contributed by atoms with Crippen molar-refractivity contribution in [3.63, 3.8) is 0 Å². The molecule has 0 unspecified atom stereocenters. The molecule has 4 aliphatic rings. The van der Waals surface area contributed by atoms with Gasteiger partial charge < -0.3 is 14.7 Å². The molecule has 9 nitrogen and oxygen atoms in total. The summed E-state index contributed by atoms with van der Waals surface area (Å²) >= 11 is 0. The fraction of sp³-hybridized carbons (Fsp3) is 0.773. The highest BCUT2D eigenvalue weighted by Crippen LogP contribution is 2.50. The van der Waals surface area contributed by atoms with Crippen LogP contribution in [0.2, 0.25) is 0 Å². The maximum Gasteiger partial charge on any atom is 0.331 e. The Labute approximate surface area is 181 Å². The Hall–Kier alpha value is -1.97. The fourth-order valence-corrected chi connectivity index (χ4v) is 6.45. The van der Waals surface area contributed by atoms with E-state index in [0.29, 0.717) is 19.1 Å². The predicted octanol–water partition coefficient (Wildman–Crippen LogP) is -0.450. The molecular formula is C22H32N4O5. The largest absolute Gasteiger partial charge is 0.396 e. The first-order valence-electron chi connectivity index (χ1n) is 11.4. The first kappa shape index (κ1) is 20.9. The number of fused-ring (bicyclic) bond motifs is 1. The normalized spacial score (nSPS) is 33.6. The topological polar surface area (TPSA) is 97.0 Å². The predicted molar refractivity (Wildman–Crippen MR) is 113 cm³/mol. The number of amides is 1. The highest BCUT2D eigenvalue weighted by molar-refractivity contribution is 5.92. The van der Waals surface area contributed by atoms with E-state index in [4.69, 9.17) is 4.74 Å². The molecule has 2 bridgehead atoms. The molecule has 1 spiro atoms. The van der Waals surface area contributed by atoms with Gasteiger partial charge in [-0.1, -0.05) is 19.3 Å². The lowest BCUT2D eigenvalue weighted by molar-refractivity contribution is -0.128. The molecule has 4 heterocycles. The van der Waals surface area contributed by atoms with Crippen LogP contribution in [0.3, 0.4) is 0 Å². The minimum Gasteiger partial charge on any atom is -0.396 e. The van der Waals surface area contributed by atoms with Crippen molar-refractivity contribution in [3.8, 4) is 0 Å². The first-order valence-corrected chi connectivity index (χ1v) is 11.4. The van der Waals surface area contributed by atoms with Gasteiger partial charge in [-0.3, -0.25) is 23.6 Å². The molecule has 1 amide bonds. The average molecular weight is 433 g/mol. The van der Waals surface area contributed by atoms with E-state index in [0.717, 1.165) is 17.7 Å². The van der Waals surface area contributed by atoms with Crippen LogP contribution in [0.4, 0.5) is 0 Å². The number of nitrogens with zero attached hydrogens (tertiary/aromatic N) is 4. The molecular weight excluding hydrogens is 400 g/mol. The lowest BCUT2D eigenvalue weighted by Gasteiger charge is -2.45. The summed E-state index contributed by atoms with van der Waals surface area (Å²) in [6.07, 6.45) is 6.22. The van der Waals surface area contributed by atoms with Crippen molar-refractivity contribution in [2.24, 2.45) is 25.9 Å². The van der Waals surface area contributed by atoms with Gasteiger partial charge >= 0.3 is 5.69 Å². The van der Waals surface area contributed by atoms with E-state index < -0.39 is 16.9 Å². The summed E-state index contributed by atoms with van der Waals surface area (Å²) < 4.78 is 8.74. The van der Waals surface area contributed by atoms with Crippen LogP contribution in [-0.4, -0.2) is 80.5 Å². The van der Waals surface area contributed by atoms with E-state index in [-0.39, 0.29) is 36.1 Å². The van der Waals surface area contributed by atoms with Gasteiger partial charge in [0.2, 0.25) is 0 Å². The molecule has 5 rings (SSSR count). The Morgan fingerprint density at radius 3 is 2.58 bits per heavy atom. The van der Waals surface area contributed by atoms with E-state index in [1.54, 1.807) is 4.90 Å². The van der Waals surface area contributed by atoms with Gasteiger partial charge in [-0.15, -0.1) is 0 Å². The summed E-state index contributed by atoms with van der Waals surface area (Å²) in [5, 5.41) is 10.2. The van der Waals surface area contributed by atoms with Gasteiger partial charge in [-0.2, -0.15) is 0 Å². The molecule has 3 saturated heterocycles. The molecule has 4 fully saturated rings. The van der Waals surface area contributed by atoms with Crippen LogP contribution < -0.4 is 11.2 Å². The average Bonchev–Trinajstić information content (AvgIpc) is 3.22. The number of morpholine rings is 1. The third-order valence-electron chi connectivity index (χ3n) is 8.15. The molecule has 31 heavy (non-hydrogen) atoms. The monoisotopic (exact) mass is 432 g/mol. The molecule has 1 aliphatic carbocycles. The number of aliphatic hydroxyl groups excluding tert-OH is 1. The van der Waals surface area contributed by atoms with Gasteiger partial charge in [-0.05, 0) is 12.8 Å². The number of hydrogen-bond acceptors (Lipinski definition) is 6. The van der Waals surface area contributed by atoms with E-state index in [1.807, 2.05) is 0 Å². The summed E-state index contributed by atoms with van der Waals surface area (Å²) in [6, 6.07) is 1.79. The quantitative estimate of drug-likeness (QED) is 0.695. The van der Waals surface area contributed by atoms with Crippen molar-refractivity contribution in [2.45, 2.75) is 49.9 Å². The molecule has 1 aromatic rings. The van der Waals surface area contributed by atoms with E-state index in [2.05, 4.69) is 4.90 Å². The highest BCUT2D eigenvalue weighted by atomic mass is 16.5. The van der Waals surface area contributed by atoms with Gasteiger partial charge in [-0.25, -0.2) is 4.79 Å². The van der Waals surface area contributed by atoms with Crippen molar-refractivity contribution in [2.75, 3.05) is 32.8 Å². The van der Waals surface area contributed by atoms with Crippen molar-refractivity contribution in [3.05, 3.63) is 32.6 Å². The summed E-state index contributed by atoms with van der Waals surface area (Å²) in [5.41, 5.74) is -1.39. The molecule has 170 valence electrons. The van der Waals surface area contributed by atoms with Gasteiger partial charge in [0.1, 0.15) is 11.3 Å². The van der Waals surface area contributed by atoms with Crippen LogP contribution in [0.15, 0.2) is 15.7 Å². The first-order chi connectivity index (χ1) is 14.8. The zero-order valence-electron chi connectivity index (χ0n) is 18.3. The maximum atomic E-state index is 13.3. The Bertz CT molecular complexity index is 997. The lowest BCUT2D eigenvalue weighted by atomic mass is 9.83. The summed E-state index contributed by atoms with van der Waals surface area (Å²) in [6.45, 7) is 2.57. The minimum absolute atomic E-state index is 0.00106. The van der Waals surface area contributed by atoms with Gasteiger partial charge in [0.05, 0.1) is 12.6 Å². The SMILES string of the molecule is Cn1c(C(=O)N2C[C@@H]3[C@H](CO)[C@H]4CN(C5CCCCC5)C[C@]3(C2)O4)cc(=O)n(C)c1=O. The molecule has 0 radical (unpaired) electrons. The molecule has 1 N–H and O–H groups in total. The Morgan fingerprint density at radius 2 is 1.87 bits per heavy atom. The number of rotatable bonds is 3. The molecule has 1 saturated carbocycles. The minimum atomic E-state index is -0.515. The number of ether oxygens (including phenoxy) is 1. The second kappa shape index (κ2) is 7.56. The van der Waals surface area contributed by atoms with Crippen molar-refractivity contribution in [1.29, 1.82) is 0 Å². The Morgan fingerprint density at radius 1 is 1.13 bits per heavy atom. The third kappa shape index (κ3) is 3.20. The van der Waals surface area contributed by atoms with Crippen LogP contribution in [0.5, 0.6) is 0 Å². The van der Waals surface area contributed by atoms with Gasteiger partial charge in [0.15, 0.2) is 0 Å². The number of likely N-dealkylation sites (tertiary alicyclic amines) is 2. The van der Waals surface area contributed by atoms with E-state index in [1.165, 1.54) is 56.8 Å². The number of aromatic nitrogens is 2. The zero-order valence-corrected chi connectivity index (χ0v) is 18.3. The summed E-state index contributed by atoms with van der Waals surface area (Å²) in [5.74, 6) is -0.268. The molecule has 0 aromatic carbocycles. The zero-order chi connectivity index (χ0) is 21.9. The lowest BCUT2D eigenvalue weighted by Crippen LogP contribution is -2.57. The fourth-order valence-electron chi connectivity index (χ4n) is 6.45. The van der Waals surface area contributed by atoms with E-state index in [9.17, 15) is 19.5 Å². The molecule has 4 atom stereocenters.